The molecular formula is C27H40. The van der Waals surface area contributed by atoms with E-state index in [0.29, 0.717) is 0 Å². The molecule has 0 aromatic rings. The van der Waals surface area contributed by atoms with Gasteiger partial charge in [-0.2, -0.15) is 0 Å². The van der Waals surface area contributed by atoms with Gasteiger partial charge in [0.15, 0.2) is 0 Å². The van der Waals surface area contributed by atoms with Crippen LogP contribution in [0, 0.1) is 0 Å². The first-order valence-corrected chi connectivity index (χ1v) is 10.6. The van der Waals surface area contributed by atoms with E-state index in [1.54, 1.807) is 0 Å². The Balaban J connectivity index is 3.54. The summed E-state index contributed by atoms with van der Waals surface area (Å²) in [5, 5.41) is 0. The monoisotopic (exact) mass is 364 g/mol. The molecule has 0 spiro atoms. The molecule has 27 heavy (non-hydrogen) atoms. The third-order valence-corrected chi connectivity index (χ3v) is 3.71. The van der Waals surface area contributed by atoms with Gasteiger partial charge < -0.3 is 0 Å². The average Bonchev–Trinajstić information content (AvgIpc) is 2.68. The Bertz CT molecular complexity index is 470. The summed E-state index contributed by atoms with van der Waals surface area (Å²) in [4.78, 5) is 0. The van der Waals surface area contributed by atoms with Gasteiger partial charge in [-0.3, -0.25) is 0 Å². The maximum atomic E-state index is 2.24. The van der Waals surface area contributed by atoms with Crippen LogP contribution >= 0.6 is 0 Å². The molecule has 0 aromatic heterocycles. The second-order valence-corrected chi connectivity index (χ2v) is 6.24. The number of hydrogen-bond donors (Lipinski definition) is 0. The van der Waals surface area contributed by atoms with E-state index in [0.717, 1.165) is 57.8 Å². The predicted octanol–water partition coefficient (Wildman–Crippen LogP) is 8.99. The van der Waals surface area contributed by atoms with Crippen LogP contribution in [-0.4, -0.2) is 0 Å². The summed E-state index contributed by atoms with van der Waals surface area (Å²) in [6.07, 6.45) is 45.2. The van der Waals surface area contributed by atoms with Crippen molar-refractivity contribution in [1.82, 2.24) is 0 Å². The fourth-order valence-corrected chi connectivity index (χ4v) is 2.23. The van der Waals surface area contributed by atoms with Gasteiger partial charge in [0.25, 0.3) is 0 Å². The molecule has 0 bridgehead atoms. The molecule has 0 rings (SSSR count). The van der Waals surface area contributed by atoms with Crippen LogP contribution in [0.1, 0.15) is 71.6 Å². The highest BCUT2D eigenvalue weighted by Gasteiger charge is 1.76. The van der Waals surface area contributed by atoms with Gasteiger partial charge in [-0.15, -0.1) is 0 Å². The minimum Gasteiger partial charge on any atom is -0.0885 e. The van der Waals surface area contributed by atoms with Gasteiger partial charge in [0, 0.05) is 0 Å². The van der Waals surface area contributed by atoms with Crippen LogP contribution in [0.15, 0.2) is 97.2 Å². The number of allylic oxidation sites excluding steroid dienone is 16. The standard InChI is InChI=1S/C27H40/c1-3-5-7-9-11-13-15-17-19-21-23-25-27-26-24-22-20-18-16-14-12-10-8-6-4-2/h5-8,11-14,17-20,23-26H,3-4,9-10,15-16,21-22,27H2,1-2H3/b7-5+,8-6+,13-11+,14-12+,19-17+,20-18+,25-23+,26-24+. The van der Waals surface area contributed by atoms with Crippen molar-refractivity contribution in [2.75, 3.05) is 0 Å². The molecular weight excluding hydrogens is 324 g/mol. The molecule has 0 atom stereocenters. The first-order valence-electron chi connectivity index (χ1n) is 10.6. The Morgan fingerprint density at radius 3 is 0.556 bits per heavy atom. The van der Waals surface area contributed by atoms with Gasteiger partial charge in [-0.1, -0.05) is 111 Å². The largest absolute Gasteiger partial charge is 0.0885 e. The summed E-state index contributed by atoms with van der Waals surface area (Å²) in [7, 11) is 0. The van der Waals surface area contributed by atoms with Gasteiger partial charge in [0.1, 0.15) is 0 Å². The van der Waals surface area contributed by atoms with E-state index in [-0.39, 0.29) is 0 Å². The zero-order chi connectivity index (χ0) is 19.7. The Morgan fingerprint density at radius 1 is 0.259 bits per heavy atom. The summed E-state index contributed by atoms with van der Waals surface area (Å²) in [5.74, 6) is 0. The van der Waals surface area contributed by atoms with E-state index in [1.165, 1.54) is 0 Å². The lowest BCUT2D eigenvalue weighted by Gasteiger charge is -1.86. The highest BCUT2D eigenvalue weighted by molar-refractivity contribution is 5.02. The van der Waals surface area contributed by atoms with Crippen LogP contribution in [0.4, 0.5) is 0 Å². The lowest BCUT2D eigenvalue weighted by atomic mass is 10.2. The van der Waals surface area contributed by atoms with E-state index in [2.05, 4.69) is 111 Å². The van der Waals surface area contributed by atoms with E-state index in [1.807, 2.05) is 0 Å². The Morgan fingerprint density at radius 2 is 0.407 bits per heavy atom. The first kappa shape index (κ1) is 24.9. The lowest BCUT2D eigenvalue weighted by Crippen LogP contribution is -1.65. The Hall–Kier alpha value is -2.08. The van der Waals surface area contributed by atoms with Crippen LogP contribution in [0.5, 0.6) is 0 Å². The van der Waals surface area contributed by atoms with Gasteiger partial charge in [0.2, 0.25) is 0 Å². The second-order valence-electron chi connectivity index (χ2n) is 6.24. The molecule has 0 aromatic carbocycles. The molecule has 0 heterocycles. The van der Waals surface area contributed by atoms with Crippen molar-refractivity contribution in [1.29, 1.82) is 0 Å². The zero-order valence-electron chi connectivity index (χ0n) is 17.6. The van der Waals surface area contributed by atoms with Crippen LogP contribution in [0.3, 0.4) is 0 Å². The second kappa shape index (κ2) is 23.9. The Kier molecular flexibility index (Phi) is 22.1. The topological polar surface area (TPSA) is 0 Å². The smallest absolute Gasteiger partial charge is 0.0169 e. The number of hydrogen-bond acceptors (Lipinski definition) is 0. The highest BCUT2D eigenvalue weighted by atomic mass is 13.8. The zero-order valence-corrected chi connectivity index (χ0v) is 17.6. The van der Waals surface area contributed by atoms with Crippen molar-refractivity contribution in [2.45, 2.75) is 71.6 Å². The molecule has 0 unspecified atom stereocenters. The average molecular weight is 365 g/mol. The third kappa shape index (κ3) is 23.9. The molecule has 0 fully saturated rings. The van der Waals surface area contributed by atoms with Crippen LogP contribution < -0.4 is 0 Å². The fourth-order valence-electron chi connectivity index (χ4n) is 2.23. The van der Waals surface area contributed by atoms with E-state index in [4.69, 9.17) is 0 Å². The van der Waals surface area contributed by atoms with Crippen LogP contribution in [0.2, 0.25) is 0 Å². The minimum atomic E-state index is 1.02. The number of rotatable bonds is 16. The van der Waals surface area contributed by atoms with Crippen molar-refractivity contribution >= 4 is 0 Å². The molecule has 0 aliphatic heterocycles. The first-order chi connectivity index (χ1) is 13.4. The normalized spacial score (nSPS) is 13.7. The summed E-state index contributed by atoms with van der Waals surface area (Å²) in [6, 6.07) is 0. The highest BCUT2D eigenvalue weighted by Crippen LogP contribution is 1.97. The van der Waals surface area contributed by atoms with Gasteiger partial charge in [0.05, 0.1) is 0 Å². The van der Waals surface area contributed by atoms with E-state index >= 15 is 0 Å². The van der Waals surface area contributed by atoms with Crippen molar-refractivity contribution < 1.29 is 0 Å². The maximum absolute atomic E-state index is 2.24. The molecule has 0 aliphatic rings. The molecule has 0 heteroatoms. The fraction of sp³-hybridized carbons (Fsp3) is 0.407. The molecule has 0 saturated heterocycles. The molecule has 0 nitrogen and oxygen atoms in total. The van der Waals surface area contributed by atoms with Crippen LogP contribution in [0.25, 0.3) is 0 Å². The van der Waals surface area contributed by atoms with E-state index < -0.39 is 0 Å². The van der Waals surface area contributed by atoms with Crippen molar-refractivity contribution in [3.05, 3.63) is 97.2 Å². The molecule has 0 radical (unpaired) electrons. The van der Waals surface area contributed by atoms with Crippen molar-refractivity contribution in [3.8, 4) is 0 Å². The molecule has 148 valence electrons. The quantitative estimate of drug-likeness (QED) is 0.240. The van der Waals surface area contributed by atoms with Crippen molar-refractivity contribution in [3.63, 3.8) is 0 Å². The molecule has 0 amide bonds. The summed E-state index contributed by atoms with van der Waals surface area (Å²) in [5.41, 5.74) is 0. The van der Waals surface area contributed by atoms with Gasteiger partial charge in [-0.05, 0) is 57.8 Å². The van der Waals surface area contributed by atoms with Crippen molar-refractivity contribution in [2.24, 2.45) is 0 Å². The minimum absolute atomic E-state index is 1.02. The van der Waals surface area contributed by atoms with Gasteiger partial charge >= 0.3 is 0 Å². The predicted molar refractivity (Wildman–Crippen MR) is 126 cm³/mol. The SMILES string of the molecule is CC/C=C/C/C=C/C/C=C/C/C=C/C/C=C/C/C=C/C/C=C/C/C=C/CC. The van der Waals surface area contributed by atoms with Gasteiger partial charge in [-0.25, -0.2) is 0 Å². The molecule has 0 aliphatic carbocycles. The maximum Gasteiger partial charge on any atom is -0.0169 e. The van der Waals surface area contributed by atoms with Crippen LogP contribution in [-0.2, 0) is 0 Å². The molecule has 0 N–H and O–H groups in total. The lowest BCUT2D eigenvalue weighted by molar-refractivity contribution is 1.19. The summed E-state index contributed by atoms with van der Waals surface area (Å²) >= 11 is 0. The van der Waals surface area contributed by atoms with E-state index in [9.17, 15) is 0 Å². The molecule has 0 saturated carbocycles. The summed E-state index contributed by atoms with van der Waals surface area (Å²) in [6.45, 7) is 4.33. The Labute approximate surface area is 169 Å². The summed E-state index contributed by atoms with van der Waals surface area (Å²) < 4.78 is 0. The third-order valence-electron chi connectivity index (χ3n) is 3.71.